The Balaban J connectivity index is 1.84. The molecule has 1 fully saturated rings. The summed E-state index contributed by atoms with van der Waals surface area (Å²) in [6.45, 7) is 3.44. The number of morpholine rings is 1. The summed E-state index contributed by atoms with van der Waals surface area (Å²) in [4.78, 5) is 2.33. The first-order valence-electron chi connectivity index (χ1n) is 6.12. The molecule has 1 aliphatic rings. The van der Waals surface area contributed by atoms with Crippen molar-refractivity contribution in [2.24, 2.45) is 0 Å². The third-order valence-electron chi connectivity index (χ3n) is 3.02. The van der Waals surface area contributed by atoms with Crippen molar-refractivity contribution in [1.29, 1.82) is 0 Å². The molecule has 0 atom stereocenters. The van der Waals surface area contributed by atoms with Crippen LogP contribution in [0.25, 0.3) is 0 Å². The molecule has 2 N–H and O–H groups in total. The van der Waals surface area contributed by atoms with Gasteiger partial charge in [-0.2, -0.15) is 5.10 Å². The van der Waals surface area contributed by atoms with Gasteiger partial charge in [0.25, 0.3) is 0 Å². The fraction of sp³-hybridized carbons (Fsp3) is 0.308. The molecule has 0 aliphatic carbocycles. The van der Waals surface area contributed by atoms with Gasteiger partial charge in [-0.3, -0.25) is 5.10 Å². The molecule has 0 radical (unpaired) electrons. The minimum absolute atomic E-state index is 0.788. The predicted molar refractivity (Wildman–Crippen MR) is 71.3 cm³/mol. The normalized spacial score (nSPS) is 15.7. The minimum Gasteiger partial charge on any atom is -0.378 e. The highest BCUT2D eigenvalue weighted by Crippen LogP contribution is 2.28. The van der Waals surface area contributed by atoms with Crippen LogP contribution in [-0.2, 0) is 4.74 Å². The molecule has 0 amide bonds. The fourth-order valence-electron chi connectivity index (χ4n) is 2.13. The molecule has 94 valence electrons. The van der Waals surface area contributed by atoms with Crippen LogP contribution in [0.4, 0.5) is 17.2 Å². The number of H-pyrrole nitrogens is 1. The molecular formula is C13H16N4O. The van der Waals surface area contributed by atoms with Gasteiger partial charge in [-0.15, -0.1) is 0 Å². The average Bonchev–Trinajstić information content (AvgIpc) is 2.93. The molecule has 1 aromatic heterocycles. The van der Waals surface area contributed by atoms with Crippen LogP contribution >= 0.6 is 0 Å². The lowest BCUT2D eigenvalue weighted by Gasteiger charge is -2.30. The molecule has 0 bridgehead atoms. The number of anilines is 3. The van der Waals surface area contributed by atoms with Gasteiger partial charge < -0.3 is 15.0 Å². The zero-order chi connectivity index (χ0) is 12.2. The maximum absolute atomic E-state index is 5.39. The summed E-state index contributed by atoms with van der Waals surface area (Å²) >= 11 is 0. The van der Waals surface area contributed by atoms with Crippen molar-refractivity contribution < 1.29 is 4.74 Å². The molecule has 5 nitrogen and oxygen atoms in total. The molecule has 0 spiro atoms. The van der Waals surface area contributed by atoms with Crippen molar-refractivity contribution in [2.75, 3.05) is 36.5 Å². The smallest absolute Gasteiger partial charge is 0.152 e. The van der Waals surface area contributed by atoms with Crippen molar-refractivity contribution in [3.8, 4) is 0 Å². The van der Waals surface area contributed by atoms with Crippen LogP contribution in [0.1, 0.15) is 0 Å². The lowest BCUT2D eigenvalue weighted by atomic mass is 10.2. The van der Waals surface area contributed by atoms with E-state index in [0.29, 0.717) is 0 Å². The number of benzene rings is 1. The third-order valence-corrected chi connectivity index (χ3v) is 3.02. The first-order valence-corrected chi connectivity index (χ1v) is 6.12. The maximum Gasteiger partial charge on any atom is 0.152 e. The van der Waals surface area contributed by atoms with Crippen LogP contribution in [0.5, 0.6) is 0 Å². The first kappa shape index (κ1) is 11.1. The van der Waals surface area contributed by atoms with Gasteiger partial charge in [0, 0.05) is 25.4 Å². The van der Waals surface area contributed by atoms with E-state index in [9.17, 15) is 0 Å². The van der Waals surface area contributed by atoms with Crippen LogP contribution in [0, 0.1) is 0 Å². The van der Waals surface area contributed by atoms with E-state index >= 15 is 0 Å². The summed E-state index contributed by atoms with van der Waals surface area (Å²) in [6, 6.07) is 10.2. The molecule has 1 aliphatic heterocycles. The number of rotatable bonds is 3. The molecule has 1 aromatic carbocycles. The number of nitrogens with one attached hydrogen (secondary N) is 2. The molecule has 2 heterocycles. The number of para-hydroxylation sites is 2. The summed E-state index contributed by atoms with van der Waals surface area (Å²) < 4.78 is 5.39. The maximum atomic E-state index is 5.39. The van der Waals surface area contributed by atoms with Crippen LogP contribution in [0.15, 0.2) is 36.5 Å². The van der Waals surface area contributed by atoms with Crippen molar-refractivity contribution in [1.82, 2.24) is 10.2 Å². The van der Waals surface area contributed by atoms with Crippen LogP contribution in [0.2, 0.25) is 0 Å². The Labute approximate surface area is 106 Å². The monoisotopic (exact) mass is 244 g/mol. The van der Waals surface area contributed by atoms with Crippen molar-refractivity contribution in [2.45, 2.75) is 0 Å². The Bertz CT molecular complexity index is 491. The lowest BCUT2D eigenvalue weighted by Crippen LogP contribution is -2.36. The third kappa shape index (κ3) is 2.31. The Morgan fingerprint density at radius 3 is 2.78 bits per heavy atom. The average molecular weight is 244 g/mol. The quantitative estimate of drug-likeness (QED) is 0.867. The second-order valence-corrected chi connectivity index (χ2v) is 4.20. The van der Waals surface area contributed by atoms with Gasteiger partial charge in [0.05, 0.1) is 24.6 Å². The van der Waals surface area contributed by atoms with Gasteiger partial charge in [0.1, 0.15) is 0 Å². The summed E-state index contributed by atoms with van der Waals surface area (Å²) in [5.74, 6) is 0.829. The van der Waals surface area contributed by atoms with E-state index in [0.717, 1.165) is 37.8 Å². The van der Waals surface area contributed by atoms with Crippen LogP contribution in [-0.4, -0.2) is 36.5 Å². The largest absolute Gasteiger partial charge is 0.378 e. The zero-order valence-corrected chi connectivity index (χ0v) is 10.1. The number of aromatic amines is 1. The number of aromatic nitrogens is 2. The Morgan fingerprint density at radius 2 is 2.00 bits per heavy atom. The summed E-state index contributed by atoms with van der Waals surface area (Å²) in [5, 5.41) is 10.2. The number of nitrogens with zero attached hydrogens (tertiary/aromatic N) is 2. The number of hydrogen-bond acceptors (Lipinski definition) is 4. The summed E-state index contributed by atoms with van der Waals surface area (Å²) in [7, 11) is 0. The SMILES string of the molecule is c1ccc(N2CCOCC2)c(Nc2cc[nH]n2)c1. The van der Waals surface area contributed by atoms with E-state index in [1.807, 2.05) is 12.1 Å². The molecule has 3 rings (SSSR count). The molecule has 18 heavy (non-hydrogen) atoms. The van der Waals surface area contributed by atoms with E-state index in [-0.39, 0.29) is 0 Å². The number of ether oxygens (including phenoxy) is 1. The van der Waals surface area contributed by atoms with Gasteiger partial charge in [0.2, 0.25) is 0 Å². The summed E-state index contributed by atoms with van der Waals surface area (Å²) in [5.41, 5.74) is 2.27. The fourth-order valence-corrected chi connectivity index (χ4v) is 2.13. The second kappa shape index (κ2) is 5.10. The van der Waals surface area contributed by atoms with Crippen molar-refractivity contribution in [3.63, 3.8) is 0 Å². The van der Waals surface area contributed by atoms with E-state index in [1.165, 1.54) is 5.69 Å². The highest BCUT2D eigenvalue weighted by Gasteiger charge is 2.14. The molecule has 5 heteroatoms. The van der Waals surface area contributed by atoms with Gasteiger partial charge in [-0.25, -0.2) is 0 Å². The Kier molecular flexibility index (Phi) is 3.14. The van der Waals surface area contributed by atoms with E-state index in [4.69, 9.17) is 4.74 Å². The lowest BCUT2D eigenvalue weighted by molar-refractivity contribution is 0.123. The van der Waals surface area contributed by atoms with E-state index in [1.54, 1.807) is 6.20 Å². The zero-order valence-electron chi connectivity index (χ0n) is 10.1. The van der Waals surface area contributed by atoms with Crippen LogP contribution in [0.3, 0.4) is 0 Å². The predicted octanol–water partition coefficient (Wildman–Crippen LogP) is 1.99. The van der Waals surface area contributed by atoms with Gasteiger partial charge in [-0.05, 0) is 12.1 Å². The molecule has 0 saturated carbocycles. The highest BCUT2D eigenvalue weighted by atomic mass is 16.5. The molecule has 2 aromatic rings. The highest BCUT2D eigenvalue weighted by molar-refractivity contribution is 5.74. The first-order chi connectivity index (χ1) is 8.93. The van der Waals surface area contributed by atoms with Gasteiger partial charge in [0.15, 0.2) is 5.82 Å². The van der Waals surface area contributed by atoms with Crippen molar-refractivity contribution >= 4 is 17.2 Å². The van der Waals surface area contributed by atoms with Crippen LogP contribution < -0.4 is 10.2 Å². The van der Waals surface area contributed by atoms with Gasteiger partial charge in [-0.1, -0.05) is 12.1 Å². The Morgan fingerprint density at radius 1 is 1.17 bits per heavy atom. The van der Waals surface area contributed by atoms with Gasteiger partial charge >= 0.3 is 0 Å². The van der Waals surface area contributed by atoms with Crippen molar-refractivity contribution in [3.05, 3.63) is 36.5 Å². The minimum atomic E-state index is 0.788. The Hall–Kier alpha value is -2.01. The second-order valence-electron chi connectivity index (χ2n) is 4.20. The topological polar surface area (TPSA) is 53.2 Å². The van der Waals surface area contributed by atoms with E-state index in [2.05, 4.69) is 38.6 Å². The number of hydrogen-bond donors (Lipinski definition) is 2. The van der Waals surface area contributed by atoms with E-state index < -0.39 is 0 Å². The summed E-state index contributed by atoms with van der Waals surface area (Å²) in [6.07, 6.45) is 1.81. The molecule has 0 unspecified atom stereocenters. The standard InChI is InChI=1S/C13H16N4O/c1-2-4-12(17-7-9-18-10-8-17)11(3-1)15-13-5-6-14-16-13/h1-6H,7-10H2,(H2,14,15,16). The molecule has 1 saturated heterocycles. The molecular weight excluding hydrogens is 228 g/mol.